The molecule has 0 atom stereocenters. The summed E-state index contributed by atoms with van der Waals surface area (Å²) in [7, 11) is -4.17. The van der Waals surface area contributed by atoms with Crippen molar-refractivity contribution < 1.29 is 31.1 Å². The number of rotatable bonds is 10. The summed E-state index contributed by atoms with van der Waals surface area (Å²) in [5, 5.41) is 6.33. The molecule has 0 radical (unpaired) electrons. The molecule has 0 spiro atoms. The molecule has 3 aromatic rings. The maximum atomic E-state index is 14.9. The Hall–Kier alpha value is -3.68. The Morgan fingerprint density at radius 2 is 1.73 bits per heavy atom. The average Bonchev–Trinajstić information content (AvgIpc) is 2.92. The van der Waals surface area contributed by atoms with E-state index in [2.05, 4.69) is 20.6 Å². The number of anilines is 2. The molecule has 1 amide bonds. The van der Waals surface area contributed by atoms with Gasteiger partial charge in [0.25, 0.3) is 0 Å². The highest BCUT2D eigenvalue weighted by atomic mass is 32.2. The maximum absolute atomic E-state index is 14.9. The highest BCUT2D eigenvalue weighted by Crippen LogP contribution is 2.29. The summed E-state index contributed by atoms with van der Waals surface area (Å²) in [4.78, 5) is 25.9. The van der Waals surface area contributed by atoms with E-state index in [1.807, 2.05) is 32.4 Å². The van der Waals surface area contributed by atoms with Crippen LogP contribution in [0.2, 0.25) is 0 Å². The third kappa shape index (κ3) is 9.41. The number of nitrogens with zero attached hydrogens (tertiary/aromatic N) is 3. The summed E-state index contributed by atoms with van der Waals surface area (Å²) in [5.41, 5.74) is 2.01. The Morgan fingerprint density at radius 3 is 2.34 bits per heavy atom. The lowest BCUT2D eigenvalue weighted by Crippen LogP contribution is -2.42. The van der Waals surface area contributed by atoms with Gasteiger partial charge in [-0.3, -0.25) is 4.72 Å². The van der Waals surface area contributed by atoms with Crippen molar-refractivity contribution in [2.45, 2.75) is 96.8 Å². The highest BCUT2D eigenvalue weighted by molar-refractivity contribution is 7.92. The number of hydrogen-bond donors (Lipinski definition) is 3. The number of pyridine rings is 1. The van der Waals surface area contributed by atoms with Crippen LogP contribution in [0.1, 0.15) is 72.3 Å². The summed E-state index contributed by atoms with van der Waals surface area (Å²) in [5.74, 6) is -4.39. The van der Waals surface area contributed by atoms with E-state index in [4.69, 9.17) is 9.72 Å². The molecule has 44 heavy (non-hydrogen) atoms. The van der Waals surface area contributed by atoms with Crippen molar-refractivity contribution in [3.05, 3.63) is 41.8 Å². The van der Waals surface area contributed by atoms with Gasteiger partial charge in [0.1, 0.15) is 16.9 Å². The first-order valence-corrected chi connectivity index (χ1v) is 16.3. The summed E-state index contributed by atoms with van der Waals surface area (Å²) >= 11 is 0. The van der Waals surface area contributed by atoms with E-state index in [0.717, 1.165) is 37.3 Å². The minimum absolute atomic E-state index is 0.0444. The minimum Gasteiger partial charge on any atom is -0.444 e. The molecule has 0 unspecified atom stereocenters. The Labute approximate surface area is 255 Å². The van der Waals surface area contributed by atoms with Crippen LogP contribution in [0.25, 0.3) is 22.3 Å². The van der Waals surface area contributed by atoms with Crippen molar-refractivity contribution in [2.24, 2.45) is 0 Å². The number of fused-ring (bicyclic) bond motifs is 1. The van der Waals surface area contributed by atoms with E-state index in [-0.39, 0.29) is 17.8 Å². The maximum Gasteiger partial charge on any atom is 0.407 e. The van der Waals surface area contributed by atoms with Crippen molar-refractivity contribution in [1.82, 2.24) is 20.3 Å². The minimum atomic E-state index is -4.17. The number of amides is 1. The number of benzene rings is 1. The van der Waals surface area contributed by atoms with Crippen molar-refractivity contribution in [1.29, 1.82) is 0 Å². The van der Waals surface area contributed by atoms with Crippen LogP contribution in [0.4, 0.5) is 29.6 Å². The Bertz CT molecular complexity index is 1600. The molecule has 0 bridgehead atoms. The van der Waals surface area contributed by atoms with Crippen molar-refractivity contribution in [3.8, 4) is 11.3 Å². The quantitative estimate of drug-likeness (QED) is 0.232. The third-order valence-corrected chi connectivity index (χ3v) is 8.40. The molecule has 0 saturated heterocycles. The van der Waals surface area contributed by atoms with Crippen LogP contribution in [-0.2, 0) is 21.2 Å². The van der Waals surface area contributed by atoms with Crippen LogP contribution in [0, 0.1) is 5.82 Å². The zero-order chi connectivity index (χ0) is 32.3. The lowest BCUT2D eigenvalue weighted by atomic mass is 9.91. The Kier molecular flexibility index (Phi) is 9.91. The Balaban J connectivity index is 1.43. The predicted octanol–water partition coefficient (Wildman–Crippen LogP) is 6.43. The van der Waals surface area contributed by atoms with Crippen LogP contribution < -0.4 is 15.4 Å². The zero-order valence-electron chi connectivity index (χ0n) is 25.5. The molecule has 0 aliphatic heterocycles. The number of aromatic nitrogens is 3. The van der Waals surface area contributed by atoms with E-state index in [1.165, 1.54) is 12.1 Å². The molecular weight excluding hydrogens is 597 g/mol. The summed E-state index contributed by atoms with van der Waals surface area (Å²) < 4.78 is 72.8. The monoisotopic (exact) mass is 636 g/mol. The number of alkyl halides is 2. The molecule has 1 saturated carbocycles. The second kappa shape index (κ2) is 13.1. The van der Waals surface area contributed by atoms with Crippen molar-refractivity contribution in [2.75, 3.05) is 15.8 Å². The standard InChI is InChI=1S/C30H39F3N6O4S/c1-6-18-16-24(19-7-12-23(22(31)15-19)39-44(41,42)14-13-30(5,32)33)37-25-17-34-27(38-26(18)25)35-20-8-10-21(11-9-20)36-28(40)43-29(2,3)4/h7,12,15-17,20-21,39H,6,8-11,13-14H2,1-5H3,(H,36,40)(H,34,35,38). The Morgan fingerprint density at radius 1 is 1.05 bits per heavy atom. The first-order chi connectivity index (χ1) is 20.5. The molecule has 2 heterocycles. The third-order valence-electron chi connectivity index (χ3n) is 7.13. The first-order valence-electron chi connectivity index (χ1n) is 14.6. The number of halogens is 3. The number of alkyl carbamates (subject to hydrolysis) is 1. The van der Waals surface area contributed by atoms with Crippen molar-refractivity contribution >= 4 is 38.8 Å². The van der Waals surface area contributed by atoms with Crippen LogP contribution in [0.5, 0.6) is 0 Å². The summed E-state index contributed by atoms with van der Waals surface area (Å²) in [6.07, 6.45) is 4.16. The number of hydrogen-bond acceptors (Lipinski definition) is 8. The first kappa shape index (κ1) is 33.2. The van der Waals surface area contributed by atoms with E-state index in [9.17, 15) is 26.4 Å². The lowest BCUT2D eigenvalue weighted by molar-refractivity contribution is 0.0189. The second-order valence-corrected chi connectivity index (χ2v) is 14.1. The molecule has 240 valence electrons. The molecule has 1 fully saturated rings. The van der Waals surface area contributed by atoms with Crippen LogP contribution in [0.15, 0.2) is 30.5 Å². The molecule has 2 aromatic heterocycles. The molecule has 1 aliphatic carbocycles. The number of carbonyl (C=O) groups is 1. The predicted molar refractivity (Wildman–Crippen MR) is 164 cm³/mol. The molecule has 1 aliphatic rings. The molecule has 14 heteroatoms. The van der Waals surface area contributed by atoms with Gasteiger partial charge in [0.2, 0.25) is 21.9 Å². The molecule has 1 aromatic carbocycles. The van der Waals surface area contributed by atoms with Gasteiger partial charge in [0.05, 0.1) is 28.8 Å². The molecule has 4 rings (SSSR count). The molecular formula is C30H39F3N6O4S. The number of aryl methyl sites for hydroxylation is 1. The number of carbonyl (C=O) groups excluding carboxylic acids is 1. The van der Waals surface area contributed by atoms with Gasteiger partial charge in [0.15, 0.2) is 0 Å². The van der Waals surface area contributed by atoms with E-state index >= 15 is 0 Å². The SMILES string of the molecule is CCc1cc(-c2ccc(NS(=O)(=O)CCC(C)(F)F)c(F)c2)nc2cnc(NC3CCC(NC(=O)OC(C)(C)C)CC3)nc12. The van der Waals surface area contributed by atoms with Gasteiger partial charge < -0.3 is 15.4 Å². The average molecular weight is 637 g/mol. The normalized spacial score (nSPS) is 17.7. The summed E-state index contributed by atoms with van der Waals surface area (Å²) in [6.45, 7) is 8.07. The second-order valence-electron chi connectivity index (χ2n) is 12.2. The van der Waals surface area contributed by atoms with Gasteiger partial charge in [-0.1, -0.05) is 13.0 Å². The van der Waals surface area contributed by atoms with Crippen LogP contribution in [0.3, 0.4) is 0 Å². The van der Waals surface area contributed by atoms with Gasteiger partial charge in [-0.05, 0) is 83.6 Å². The number of sulfonamides is 1. The smallest absolute Gasteiger partial charge is 0.407 e. The largest absolute Gasteiger partial charge is 0.444 e. The van der Waals surface area contributed by atoms with Gasteiger partial charge in [0, 0.05) is 24.1 Å². The van der Waals surface area contributed by atoms with Gasteiger partial charge in [-0.25, -0.2) is 41.3 Å². The zero-order valence-corrected chi connectivity index (χ0v) is 26.3. The number of ether oxygens (including phenoxy) is 1. The fourth-order valence-corrected chi connectivity index (χ4v) is 6.13. The highest BCUT2D eigenvalue weighted by Gasteiger charge is 2.27. The van der Waals surface area contributed by atoms with Crippen molar-refractivity contribution in [3.63, 3.8) is 0 Å². The van der Waals surface area contributed by atoms with Gasteiger partial charge >= 0.3 is 6.09 Å². The topological polar surface area (TPSA) is 135 Å². The molecule has 3 N–H and O–H groups in total. The fourth-order valence-electron chi connectivity index (χ4n) is 4.90. The molecule has 10 nitrogen and oxygen atoms in total. The van der Waals surface area contributed by atoms with Gasteiger partial charge in [-0.15, -0.1) is 0 Å². The van der Waals surface area contributed by atoms with E-state index < -0.39 is 45.6 Å². The van der Waals surface area contributed by atoms with Crippen LogP contribution >= 0.6 is 0 Å². The lowest BCUT2D eigenvalue weighted by Gasteiger charge is -2.30. The fraction of sp³-hybridized carbons (Fsp3) is 0.533. The summed E-state index contributed by atoms with van der Waals surface area (Å²) in [6, 6.07) is 5.87. The van der Waals surface area contributed by atoms with E-state index in [0.29, 0.717) is 41.6 Å². The number of nitrogens with one attached hydrogen (secondary N) is 3. The van der Waals surface area contributed by atoms with Crippen LogP contribution in [-0.4, -0.2) is 58.8 Å². The van der Waals surface area contributed by atoms with Gasteiger partial charge in [-0.2, -0.15) is 0 Å². The van der Waals surface area contributed by atoms with E-state index in [1.54, 1.807) is 12.3 Å².